The van der Waals surface area contributed by atoms with Gasteiger partial charge in [-0.25, -0.2) is 9.97 Å². The molecule has 0 aliphatic heterocycles. The molecule has 3 aromatic rings. The zero-order valence-electron chi connectivity index (χ0n) is 10.4. The van der Waals surface area contributed by atoms with Gasteiger partial charge in [-0.15, -0.1) is 0 Å². The van der Waals surface area contributed by atoms with Crippen LogP contribution in [0.1, 0.15) is 5.56 Å². The quantitative estimate of drug-likeness (QED) is 0.759. The number of nitrogens with zero attached hydrogens (tertiary/aromatic N) is 3. The van der Waals surface area contributed by atoms with Gasteiger partial charge >= 0.3 is 0 Å². The summed E-state index contributed by atoms with van der Waals surface area (Å²) in [6.45, 7) is 1.83. The van der Waals surface area contributed by atoms with Gasteiger partial charge in [0.1, 0.15) is 17.9 Å². The molecule has 5 heteroatoms. The van der Waals surface area contributed by atoms with E-state index in [2.05, 4.69) is 15.0 Å². The van der Waals surface area contributed by atoms with Crippen molar-refractivity contribution < 1.29 is 4.74 Å². The monoisotopic (exact) mass is 252 g/mol. The summed E-state index contributed by atoms with van der Waals surface area (Å²) in [4.78, 5) is 12.3. The molecule has 0 bridgehead atoms. The Labute approximate surface area is 110 Å². The maximum Gasteiger partial charge on any atom is 0.227 e. The third-order valence-electron chi connectivity index (χ3n) is 2.89. The lowest BCUT2D eigenvalue weighted by Crippen LogP contribution is -1.99. The van der Waals surface area contributed by atoms with E-state index >= 15 is 0 Å². The average molecular weight is 252 g/mol. The number of benzene rings is 1. The van der Waals surface area contributed by atoms with Crippen LogP contribution < -0.4 is 10.5 Å². The van der Waals surface area contributed by atoms with Crippen molar-refractivity contribution in [3.63, 3.8) is 0 Å². The van der Waals surface area contributed by atoms with Gasteiger partial charge in [-0.1, -0.05) is 6.07 Å². The summed E-state index contributed by atoms with van der Waals surface area (Å²) in [5.74, 6) is 1.58. The molecule has 2 N–H and O–H groups in total. The number of ether oxygens (including phenoxy) is 1. The number of hydrogen-bond acceptors (Lipinski definition) is 5. The number of rotatable bonds is 2. The van der Waals surface area contributed by atoms with Gasteiger partial charge in [-0.05, 0) is 31.2 Å². The first kappa shape index (κ1) is 11.4. The molecule has 0 saturated carbocycles. The summed E-state index contributed by atoms with van der Waals surface area (Å²) in [7, 11) is 0. The van der Waals surface area contributed by atoms with Crippen molar-refractivity contribution in [1.82, 2.24) is 15.0 Å². The second kappa shape index (κ2) is 4.53. The van der Waals surface area contributed by atoms with Gasteiger partial charge < -0.3 is 10.5 Å². The van der Waals surface area contributed by atoms with E-state index in [1.165, 1.54) is 6.33 Å². The molecular formula is C14H12N4O. The summed E-state index contributed by atoms with van der Waals surface area (Å²) >= 11 is 0. The zero-order valence-corrected chi connectivity index (χ0v) is 10.4. The Morgan fingerprint density at radius 1 is 1.05 bits per heavy atom. The van der Waals surface area contributed by atoms with E-state index in [4.69, 9.17) is 10.5 Å². The van der Waals surface area contributed by atoms with Crippen LogP contribution in [0.5, 0.6) is 11.6 Å². The number of hydrogen-bond donors (Lipinski definition) is 1. The zero-order chi connectivity index (χ0) is 13.2. The lowest BCUT2D eigenvalue weighted by atomic mass is 10.2. The summed E-state index contributed by atoms with van der Waals surface area (Å²) < 4.78 is 5.83. The van der Waals surface area contributed by atoms with Crippen molar-refractivity contribution in [3.05, 3.63) is 48.4 Å². The van der Waals surface area contributed by atoms with Gasteiger partial charge in [0.05, 0.1) is 11.1 Å². The van der Waals surface area contributed by atoms with Crippen molar-refractivity contribution in [2.75, 3.05) is 5.73 Å². The predicted molar refractivity (Wildman–Crippen MR) is 73.0 cm³/mol. The Balaban J connectivity index is 2.09. The molecule has 0 unspecified atom stereocenters. The first-order valence-corrected chi connectivity index (χ1v) is 5.84. The highest BCUT2D eigenvalue weighted by Gasteiger charge is 2.09. The van der Waals surface area contributed by atoms with Crippen molar-refractivity contribution in [3.8, 4) is 11.6 Å². The SMILES string of the molecule is Cc1c(N)ncnc1Oc1cccc2ncccc12. The van der Waals surface area contributed by atoms with E-state index in [0.717, 1.165) is 16.5 Å². The van der Waals surface area contributed by atoms with Crippen LogP contribution in [0, 0.1) is 6.92 Å². The number of pyridine rings is 1. The first-order valence-electron chi connectivity index (χ1n) is 5.84. The van der Waals surface area contributed by atoms with Crippen LogP contribution in [-0.4, -0.2) is 15.0 Å². The molecule has 3 rings (SSSR count). The molecule has 0 amide bonds. The molecule has 0 radical (unpaired) electrons. The van der Waals surface area contributed by atoms with Gasteiger partial charge in [0.25, 0.3) is 0 Å². The van der Waals surface area contributed by atoms with Crippen LogP contribution in [0.25, 0.3) is 10.9 Å². The molecule has 5 nitrogen and oxygen atoms in total. The summed E-state index contributed by atoms with van der Waals surface area (Å²) in [5.41, 5.74) is 7.34. The number of fused-ring (bicyclic) bond motifs is 1. The van der Waals surface area contributed by atoms with Gasteiger partial charge in [0.2, 0.25) is 5.88 Å². The second-order valence-electron chi connectivity index (χ2n) is 4.12. The van der Waals surface area contributed by atoms with Crippen molar-refractivity contribution >= 4 is 16.7 Å². The van der Waals surface area contributed by atoms with E-state index in [0.29, 0.717) is 17.4 Å². The maximum atomic E-state index is 5.83. The van der Waals surface area contributed by atoms with Crippen molar-refractivity contribution in [2.24, 2.45) is 0 Å². The molecule has 0 aliphatic carbocycles. The van der Waals surface area contributed by atoms with Crippen LogP contribution in [0.4, 0.5) is 5.82 Å². The van der Waals surface area contributed by atoms with Gasteiger partial charge in [-0.2, -0.15) is 0 Å². The number of anilines is 1. The second-order valence-corrected chi connectivity index (χ2v) is 4.12. The number of nitrogen functional groups attached to an aromatic ring is 1. The standard InChI is InChI=1S/C14H12N4O/c1-9-13(15)17-8-18-14(9)19-12-6-2-5-11-10(12)4-3-7-16-11/h2-8H,1H3,(H2,15,17,18). The number of nitrogens with two attached hydrogens (primary N) is 1. The molecule has 1 aromatic carbocycles. The lowest BCUT2D eigenvalue weighted by molar-refractivity contribution is 0.463. The third-order valence-corrected chi connectivity index (χ3v) is 2.89. The Kier molecular flexibility index (Phi) is 2.72. The minimum Gasteiger partial charge on any atom is -0.438 e. The molecule has 2 aromatic heterocycles. The fraction of sp³-hybridized carbons (Fsp3) is 0.0714. The smallest absolute Gasteiger partial charge is 0.227 e. The Bertz CT molecular complexity index is 737. The lowest BCUT2D eigenvalue weighted by Gasteiger charge is -2.10. The van der Waals surface area contributed by atoms with Crippen molar-refractivity contribution in [1.29, 1.82) is 0 Å². The average Bonchev–Trinajstić information content (AvgIpc) is 2.44. The van der Waals surface area contributed by atoms with E-state index in [1.54, 1.807) is 6.20 Å². The molecule has 94 valence electrons. The highest BCUT2D eigenvalue weighted by Crippen LogP contribution is 2.30. The summed E-state index contributed by atoms with van der Waals surface area (Å²) in [6.07, 6.45) is 3.14. The van der Waals surface area contributed by atoms with E-state index in [1.807, 2.05) is 37.3 Å². The largest absolute Gasteiger partial charge is 0.438 e. The first-order chi connectivity index (χ1) is 9.25. The topological polar surface area (TPSA) is 73.9 Å². The minimum absolute atomic E-state index is 0.420. The summed E-state index contributed by atoms with van der Waals surface area (Å²) in [6, 6.07) is 9.53. The van der Waals surface area contributed by atoms with E-state index < -0.39 is 0 Å². The molecule has 0 atom stereocenters. The Morgan fingerprint density at radius 2 is 1.95 bits per heavy atom. The van der Waals surface area contributed by atoms with Crippen LogP contribution in [0.2, 0.25) is 0 Å². The predicted octanol–water partition coefficient (Wildman–Crippen LogP) is 2.71. The maximum absolute atomic E-state index is 5.83. The molecule has 0 fully saturated rings. The summed E-state index contributed by atoms with van der Waals surface area (Å²) in [5, 5.41) is 0.932. The van der Waals surface area contributed by atoms with Crippen LogP contribution >= 0.6 is 0 Å². The highest BCUT2D eigenvalue weighted by atomic mass is 16.5. The molecule has 0 spiro atoms. The van der Waals surface area contributed by atoms with Gasteiger partial charge in [0.15, 0.2) is 0 Å². The van der Waals surface area contributed by atoms with Crippen LogP contribution in [-0.2, 0) is 0 Å². The fourth-order valence-electron chi connectivity index (χ4n) is 1.82. The number of aromatic nitrogens is 3. The van der Waals surface area contributed by atoms with Gasteiger partial charge in [0, 0.05) is 11.6 Å². The molecular weight excluding hydrogens is 240 g/mol. The highest BCUT2D eigenvalue weighted by molar-refractivity contribution is 5.85. The van der Waals surface area contributed by atoms with E-state index in [9.17, 15) is 0 Å². The Hall–Kier alpha value is -2.69. The third kappa shape index (κ3) is 2.06. The van der Waals surface area contributed by atoms with Crippen molar-refractivity contribution in [2.45, 2.75) is 6.92 Å². The van der Waals surface area contributed by atoms with E-state index in [-0.39, 0.29) is 0 Å². The fourth-order valence-corrected chi connectivity index (χ4v) is 1.82. The Morgan fingerprint density at radius 3 is 2.84 bits per heavy atom. The molecule has 19 heavy (non-hydrogen) atoms. The van der Waals surface area contributed by atoms with Crippen LogP contribution in [0.15, 0.2) is 42.9 Å². The molecule has 0 aliphatic rings. The minimum atomic E-state index is 0.420. The van der Waals surface area contributed by atoms with Crippen LogP contribution in [0.3, 0.4) is 0 Å². The molecule has 0 saturated heterocycles. The molecule has 2 heterocycles. The van der Waals surface area contributed by atoms with Gasteiger partial charge in [-0.3, -0.25) is 4.98 Å². The normalized spacial score (nSPS) is 10.6.